The lowest BCUT2D eigenvalue weighted by atomic mass is 9.33. The molecule has 0 aromatic rings. The van der Waals surface area contributed by atoms with E-state index in [1.807, 2.05) is 0 Å². The fourth-order valence-electron chi connectivity index (χ4n) is 10.6. The van der Waals surface area contributed by atoms with Crippen LogP contribution in [0.25, 0.3) is 0 Å². The van der Waals surface area contributed by atoms with Gasteiger partial charge in [0.25, 0.3) is 0 Å². The van der Waals surface area contributed by atoms with Crippen LogP contribution in [0.4, 0.5) is 0 Å². The second-order valence-corrected chi connectivity index (χ2v) is 14.7. The van der Waals surface area contributed by atoms with Crippen molar-refractivity contribution in [1.82, 2.24) is 0 Å². The van der Waals surface area contributed by atoms with Gasteiger partial charge in [0.05, 0.1) is 12.0 Å². The monoisotopic (exact) mass is 470 g/mol. The van der Waals surface area contributed by atoms with Gasteiger partial charge in [0.15, 0.2) is 0 Å². The molecule has 5 rings (SSSR count). The van der Waals surface area contributed by atoms with Crippen molar-refractivity contribution in [3.63, 3.8) is 0 Å². The summed E-state index contributed by atoms with van der Waals surface area (Å²) < 4.78 is 0. The second kappa shape index (κ2) is 7.20. The molecule has 7 atom stereocenters. The number of carbonyl (C=O) groups excluding carboxylic acids is 1. The molecular formula is C30H46O4. The van der Waals surface area contributed by atoms with Crippen molar-refractivity contribution >= 4 is 11.8 Å². The number of carboxylic acid groups (broad SMARTS) is 1. The average Bonchev–Trinajstić information content (AvgIpc) is 2.75. The quantitative estimate of drug-likeness (QED) is 0.457. The highest BCUT2D eigenvalue weighted by molar-refractivity contribution is 5.85. The molecule has 6 unspecified atom stereocenters. The number of ketones is 1. The van der Waals surface area contributed by atoms with Crippen molar-refractivity contribution < 1.29 is 19.8 Å². The van der Waals surface area contributed by atoms with Crippen LogP contribution >= 0.6 is 0 Å². The van der Waals surface area contributed by atoms with Crippen LogP contribution < -0.4 is 0 Å². The largest absolute Gasteiger partial charge is 0.481 e. The summed E-state index contributed by atoms with van der Waals surface area (Å²) in [6.07, 6.45) is 11.1. The van der Waals surface area contributed by atoms with Gasteiger partial charge < -0.3 is 10.2 Å². The standard InChI is InChI=1S/C30H46O4/c1-25(2)13-14-29(24(33)34)15-16-30(18-31)19(20(29)17-25)7-8-22-27(5)11-10-23(32)26(3,4)21(27)9-12-28(22,30)6/h7,20-22,31H,8-18H2,1-6H3,(H,33,34)/t20?,21?,22?,27?,28?,29?,30-/m0/s1. The minimum atomic E-state index is -0.677. The average molecular weight is 471 g/mol. The fourth-order valence-corrected chi connectivity index (χ4v) is 10.6. The van der Waals surface area contributed by atoms with Gasteiger partial charge in [-0.05, 0) is 91.8 Å². The van der Waals surface area contributed by atoms with Gasteiger partial charge in [0.2, 0.25) is 0 Å². The Morgan fingerprint density at radius 3 is 2.29 bits per heavy atom. The highest BCUT2D eigenvalue weighted by atomic mass is 16.4. The molecule has 4 heteroatoms. The lowest BCUT2D eigenvalue weighted by Gasteiger charge is -2.70. The topological polar surface area (TPSA) is 74.6 Å². The van der Waals surface area contributed by atoms with Gasteiger partial charge in [-0.1, -0.05) is 53.2 Å². The van der Waals surface area contributed by atoms with Crippen LogP contribution in [0.15, 0.2) is 11.6 Å². The molecular weight excluding hydrogens is 424 g/mol. The van der Waals surface area contributed by atoms with E-state index in [0.717, 1.165) is 51.4 Å². The molecule has 5 aliphatic carbocycles. The maximum atomic E-state index is 12.9. The first-order valence-electron chi connectivity index (χ1n) is 13.8. The molecule has 2 N–H and O–H groups in total. The summed E-state index contributed by atoms with van der Waals surface area (Å²) in [5.41, 5.74) is 0.0993. The molecule has 4 saturated carbocycles. The molecule has 190 valence electrons. The zero-order valence-corrected chi connectivity index (χ0v) is 22.3. The highest BCUT2D eigenvalue weighted by Gasteiger charge is 2.70. The van der Waals surface area contributed by atoms with Gasteiger partial charge in [-0.3, -0.25) is 9.59 Å². The molecule has 0 amide bonds. The summed E-state index contributed by atoms with van der Waals surface area (Å²) in [5.74, 6) is 0.588. The van der Waals surface area contributed by atoms with Gasteiger partial charge in [0.1, 0.15) is 5.78 Å². The van der Waals surface area contributed by atoms with Gasteiger partial charge in [-0.2, -0.15) is 0 Å². The van der Waals surface area contributed by atoms with E-state index in [9.17, 15) is 19.8 Å². The van der Waals surface area contributed by atoms with Crippen LogP contribution in [0.1, 0.15) is 106 Å². The Morgan fingerprint density at radius 1 is 0.971 bits per heavy atom. The molecule has 4 fully saturated rings. The first kappa shape index (κ1) is 24.5. The molecule has 0 aromatic carbocycles. The van der Waals surface area contributed by atoms with E-state index in [4.69, 9.17) is 0 Å². The summed E-state index contributed by atoms with van der Waals surface area (Å²) in [6.45, 7) is 13.9. The molecule has 5 aliphatic rings. The zero-order chi connectivity index (χ0) is 24.9. The Kier molecular flexibility index (Phi) is 5.20. The van der Waals surface area contributed by atoms with Crippen molar-refractivity contribution in [3.05, 3.63) is 11.6 Å². The minimum Gasteiger partial charge on any atom is -0.481 e. The lowest BCUT2D eigenvalue weighted by molar-refractivity contribution is -0.198. The second-order valence-electron chi connectivity index (χ2n) is 14.7. The Morgan fingerprint density at radius 2 is 1.65 bits per heavy atom. The van der Waals surface area contributed by atoms with Crippen LogP contribution in [0, 0.1) is 50.2 Å². The molecule has 0 heterocycles. The van der Waals surface area contributed by atoms with E-state index in [1.54, 1.807) is 0 Å². The third kappa shape index (κ3) is 2.81. The van der Waals surface area contributed by atoms with E-state index >= 15 is 0 Å². The smallest absolute Gasteiger partial charge is 0.310 e. The Balaban J connectivity index is 1.63. The van der Waals surface area contributed by atoms with Crippen molar-refractivity contribution in [1.29, 1.82) is 0 Å². The Hall–Kier alpha value is -1.16. The van der Waals surface area contributed by atoms with E-state index in [1.165, 1.54) is 5.57 Å². The summed E-state index contributed by atoms with van der Waals surface area (Å²) >= 11 is 0. The number of rotatable bonds is 2. The number of Topliss-reactive ketones (excluding diaryl/α,β-unsaturated/α-hetero) is 1. The predicted molar refractivity (Wildman–Crippen MR) is 133 cm³/mol. The van der Waals surface area contributed by atoms with Gasteiger partial charge in [-0.25, -0.2) is 0 Å². The van der Waals surface area contributed by atoms with Crippen LogP contribution in [0.5, 0.6) is 0 Å². The van der Waals surface area contributed by atoms with Crippen molar-refractivity contribution in [3.8, 4) is 0 Å². The number of aliphatic carboxylic acids is 1. The number of hydrogen-bond donors (Lipinski definition) is 2. The van der Waals surface area contributed by atoms with E-state index in [0.29, 0.717) is 30.5 Å². The van der Waals surface area contributed by atoms with Gasteiger partial charge in [0, 0.05) is 17.3 Å². The third-order valence-electron chi connectivity index (χ3n) is 12.8. The number of aliphatic hydroxyl groups is 1. The minimum absolute atomic E-state index is 0.0160. The number of carbonyl (C=O) groups is 2. The molecule has 0 aliphatic heterocycles. The van der Waals surface area contributed by atoms with E-state index in [-0.39, 0.29) is 39.6 Å². The fraction of sp³-hybridized carbons (Fsp3) is 0.867. The van der Waals surface area contributed by atoms with E-state index < -0.39 is 11.4 Å². The molecule has 4 nitrogen and oxygen atoms in total. The molecule has 0 saturated heterocycles. The van der Waals surface area contributed by atoms with Crippen LogP contribution in [-0.2, 0) is 9.59 Å². The van der Waals surface area contributed by atoms with Crippen molar-refractivity contribution in [2.24, 2.45) is 50.2 Å². The first-order valence-corrected chi connectivity index (χ1v) is 13.8. The maximum absolute atomic E-state index is 12.9. The zero-order valence-electron chi connectivity index (χ0n) is 22.3. The number of allylic oxidation sites excluding steroid dienone is 1. The normalized spacial score (nSPS) is 49.1. The molecule has 0 radical (unpaired) electrons. The summed E-state index contributed by atoms with van der Waals surface area (Å²) in [7, 11) is 0. The van der Waals surface area contributed by atoms with Crippen molar-refractivity contribution in [2.45, 2.75) is 106 Å². The molecule has 0 bridgehead atoms. The lowest BCUT2D eigenvalue weighted by Crippen LogP contribution is -2.66. The van der Waals surface area contributed by atoms with Crippen LogP contribution in [-0.4, -0.2) is 28.6 Å². The number of fused-ring (bicyclic) bond motifs is 7. The SMILES string of the molecule is CC1(C)CCC2(C(=O)O)CC[C@]3(CO)C(=CCC4C5(C)CCC(=O)C(C)(C)C5CCC43C)C2C1. The highest BCUT2D eigenvalue weighted by Crippen LogP contribution is 2.75. The number of carboxylic acids is 1. The molecule has 34 heavy (non-hydrogen) atoms. The summed E-state index contributed by atoms with van der Waals surface area (Å²) in [4.78, 5) is 25.7. The first-order chi connectivity index (χ1) is 15.7. The number of hydrogen-bond acceptors (Lipinski definition) is 3. The van der Waals surface area contributed by atoms with Crippen molar-refractivity contribution in [2.75, 3.05) is 6.61 Å². The third-order valence-corrected chi connectivity index (χ3v) is 12.8. The summed E-state index contributed by atoms with van der Waals surface area (Å²) in [5, 5.41) is 21.7. The van der Waals surface area contributed by atoms with Crippen LogP contribution in [0.2, 0.25) is 0 Å². The Labute approximate surface area is 206 Å². The molecule has 0 aromatic heterocycles. The van der Waals surface area contributed by atoms with Crippen LogP contribution in [0.3, 0.4) is 0 Å². The van der Waals surface area contributed by atoms with E-state index in [2.05, 4.69) is 47.6 Å². The van der Waals surface area contributed by atoms with Gasteiger partial charge in [-0.15, -0.1) is 0 Å². The molecule has 0 spiro atoms. The maximum Gasteiger partial charge on any atom is 0.310 e. The predicted octanol–water partition coefficient (Wildman–Crippen LogP) is 6.41. The summed E-state index contributed by atoms with van der Waals surface area (Å²) in [6, 6.07) is 0. The number of aliphatic hydroxyl groups excluding tert-OH is 1. The Bertz CT molecular complexity index is 945. The van der Waals surface area contributed by atoms with Gasteiger partial charge >= 0.3 is 5.97 Å².